The molecule has 0 saturated carbocycles. The van der Waals surface area contributed by atoms with Crippen LogP contribution < -0.4 is 5.32 Å². The van der Waals surface area contributed by atoms with Crippen LogP contribution >= 0.6 is 0 Å². The van der Waals surface area contributed by atoms with Crippen molar-refractivity contribution in [1.82, 2.24) is 15.1 Å². The summed E-state index contributed by atoms with van der Waals surface area (Å²) in [5.41, 5.74) is 0. The highest BCUT2D eigenvalue weighted by Gasteiger charge is 2.35. The van der Waals surface area contributed by atoms with E-state index in [1.807, 2.05) is 0 Å². The molecule has 3 heteroatoms. The number of nitrogens with zero attached hydrogens (tertiary/aromatic N) is 2. The molecule has 3 unspecified atom stereocenters. The van der Waals surface area contributed by atoms with Crippen LogP contribution in [-0.4, -0.2) is 60.6 Å². The molecule has 0 aromatic carbocycles. The van der Waals surface area contributed by atoms with E-state index in [-0.39, 0.29) is 0 Å². The fraction of sp³-hybridized carbons (Fsp3) is 1.00. The van der Waals surface area contributed by atoms with Gasteiger partial charge in [-0.3, -0.25) is 4.90 Å². The minimum absolute atomic E-state index is 0.622. The third kappa shape index (κ3) is 3.46. The molecule has 106 valence electrons. The molecule has 0 radical (unpaired) electrons. The van der Waals surface area contributed by atoms with E-state index >= 15 is 0 Å². The summed E-state index contributed by atoms with van der Waals surface area (Å²) in [5, 5.41) is 3.89. The second-order valence-corrected chi connectivity index (χ2v) is 6.05. The molecular formula is C15H31N3. The van der Waals surface area contributed by atoms with E-state index in [1.165, 1.54) is 58.4 Å². The molecule has 2 saturated heterocycles. The molecule has 0 bridgehead atoms. The van der Waals surface area contributed by atoms with Crippen molar-refractivity contribution in [2.24, 2.45) is 0 Å². The minimum Gasteiger partial charge on any atom is -0.309 e. The minimum atomic E-state index is 0.622. The van der Waals surface area contributed by atoms with Crippen molar-refractivity contribution in [3.05, 3.63) is 0 Å². The topological polar surface area (TPSA) is 18.5 Å². The summed E-state index contributed by atoms with van der Waals surface area (Å²) < 4.78 is 0. The highest BCUT2D eigenvalue weighted by atomic mass is 15.2. The van der Waals surface area contributed by atoms with Gasteiger partial charge in [0, 0.05) is 31.2 Å². The molecule has 0 aliphatic carbocycles. The Bertz CT molecular complexity index is 240. The van der Waals surface area contributed by atoms with E-state index in [4.69, 9.17) is 0 Å². The van der Waals surface area contributed by atoms with Gasteiger partial charge in [0.2, 0.25) is 0 Å². The second-order valence-electron chi connectivity index (χ2n) is 6.05. The molecule has 3 atom stereocenters. The Morgan fingerprint density at radius 2 is 1.94 bits per heavy atom. The molecule has 2 fully saturated rings. The van der Waals surface area contributed by atoms with Gasteiger partial charge in [0.1, 0.15) is 0 Å². The first-order valence-electron chi connectivity index (χ1n) is 7.97. The third-order valence-electron chi connectivity index (χ3n) is 4.78. The molecule has 2 aliphatic heterocycles. The lowest BCUT2D eigenvalue weighted by atomic mass is 9.98. The first-order valence-corrected chi connectivity index (χ1v) is 7.97. The van der Waals surface area contributed by atoms with Crippen LogP contribution in [0.25, 0.3) is 0 Å². The lowest BCUT2D eigenvalue weighted by molar-refractivity contribution is 0.172. The molecular weight excluding hydrogens is 222 g/mol. The van der Waals surface area contributed by atoms with E-state index in [9.17, 15) is 0 Å². The maximum absolute atomic E-state index is 3.89. The van der Waals surface area contributed by atoms with Crippen molar-refractivity contribution in [2.75, 3.05) is 32.7 Å². The molecule has 2 aliphatic rings. The highest BCUT2D eigenvalue weighted by molar-refractivity contribution is 4.95. The van der Waals surface area contributed by atoms with Crippen molar-refractivity contribution >= 4 is 0 Å². The fourth-order valence-corrected chi connectivity index (χ4v) is 3.73. The summed E-state index contributed by atoms with van der Waals surface area (Å²) in [5.74, 6) is 0. The zero-order valence-corrected chi connectivity index (χ0v) is 12.5. The Hall–Kier alpha value is -0.120. The summed E-state index contributed by atoms with van der Waals surface area (Å²) in [6, 6.07) is 2.20. The van der Waals surface area contributed by atoms with Gasteiger partial charge in [-0.25, -0.2) is 0 Å². The molecule has 3 nitrogen and oxygen atoms in total. The number of piperidine rings is 1. The Morgan fingerprint density at radius 1 is 1.17 bits per heavy atom. The number of hydrogen-bond acceptors (Lipinski definition) is 3. The Balaban J connectivity index is 1.78. The Labute approximate surface area is 113 Å². The number of fused-ring (bicyclic) bond motifs is 1. The fourth-order valence-electron chi connectivity index (χ4n) is 3.73. The summed E-state index contributed by atoms with van der Waals surface area (Å²) in [6.45, 7) is 13.1. The molecule has 0 amide bonds. The van der Waals surface area contributed by atoms with Crippen molar-refractivity contribution in [1.29, 1.82) is 0 Å². The molecule has 2 heterocycles. The molecule has 0 aromatic rings. The van der Waals surface area contributed by atoms with E-state index in [1.54, 1.807) is 0 Å². The smallest absolute Gasteiger partial charge is 0.0249 e. The van der Waals surface area contributed by atoms with Gasteiger partial charge in [0.05, 0.1) is 0 Å². The van der Waals surface area contributed by atoms with Gasteiger partial charge >= 0.3 is 0 Å². The first-order chi connectivity index (χ1) is 8.74. The summed E-state index contributed by atoms with van der Waals surface area (Å²) in [4.78, 5) is 5.23. The summed E-state index contributed by atoms with van der Waals surface area (Å²) in [6.07, 6.45) is 5.62. The van der Waals surface area contributed by atoms with Gasteiger partial charge in [-0.1, -0.05) is 20.3 Å². The molecule has 0 aromatic heterocycles. The van der Waals surface area contributed by atoms with Crippen LogP contribution in [0.15, 0.2) is 0 Å². The predicted molar refractivity (Wildman–Crippen MR) is 78.0 cm³/mol. The Morgan fingerprint density at radius 3 is 2.67 bits per heavy atom. The van der Waals surface area contributed by atoms with E-state index in [0.29, 0.717) is 6.04 Å². The van der Waals surface area contributed by atoms with Crippen LogP contribution in [0.2, 0.25) is 0 Å². The van der Waals surface area contributed by atoms with Crippen molar-refractivity contribution in [3.8, 4) is 0 Å². The third-order valence-corrected chi connectivity index (χ3v) is 4.78. The van der Waals surface area contributed by atoms with Gasteiger partial charge in [0.15, 0.2) is 0 Å². The predicted octanol–water partition coefficient (Wildman–Crippen LogP) is 1.93. The van der Waals surface area contributed by atoms with Gasteiger partial charge in [0.25, 0.3) is 0 Å². The van der Waals surface area contributed by atoms with Gasteiger partial charge in [-0.15, -0.1) is 0 Å². The number of likely N-dealkylation sites (N-methyl/N-ethyl adjacent to an activating group) is 1. The quantitative estimate of drug-likeness (QED) is 0.780. The van der Waals surface area contributed by atoms with E-state index in [2.05, 4.69) is 35.9 Å². The van der Waals surface area contributed by atoms with Crippen LogP contribution in [0.5, 0.6) is 0 Å². The van der Waals surface area contributed by atoms with Crippen molar-refractivity contribution < 1.29 is 0 Å². The lowest BCUT2D eigenvalue weighted by Gasteiger charge is -2.34. The number of hydrogen-bond donors (Lipinski definition) is 1. The van der Waals surface area contributed by atoms with Crippen molar-refractivity contribution in [3.63, 3.8) is 0 Å². The SMILES string of the molecule is CCN(CC)CC(C)NC1CCN2CCCCC12. The van der Waals surface area contributed by atoms with Crippen molar-refractivity contribution in [2.45, 2.75) is 64.6 Å². The van der Waals surface area contributed by atoms with Crippen LogP contribution in [0.4, 0.5) is 0 Å². The van der Waals surface area contributed by atoms with Gasteiger partial charge < -0.3 is 10.2 Å². The number of rotatable bonds is 6. The molecule has 18 heavy (non-hydrogen) atoms. The standard InChI is InChI=1S/C15H31N3/c1-4-17(5-2)12-13(3)16-14-9-11-18-10-7-6-8-15(14)18/h13-16H,4-12H2,1-3H3. The summed E-state index contributed by atoms with van der Waals surface area (Å²) >= 11 is 0. The highest BCUT2D eigenvalue weighted by Crippen LogP contribution is 2.27. The van der Waals surface area contributed by atoms with Gasteiger partial charge in [-0.2, -0.15) is 0 Å². The monoisotopic (exact) mass is 253 g/mol. The average Bonchev–Trinajstić information content (AvgIpc) is 2.79. The van der Waals surface area contributed by atoms with Crippen LogP contribution in [0, 0.1) is 0 Å². The van der Waals surface area contributed by atoms with E-state index < -0.39 is 0 Å². The normalized spacial score (nSPS) is 30.7. The number of nitrogens with one attached hydrogen (secondary N) is 1. The van der Waals surface area contributed by atoms with Crippen LogP contribution in [0.1, 0.15) is 46.5 Å². The second kappa shape index (κ2) is 6.88. The Kier molecular flexibility index (Phi) is 5.46. The van der Waals surface area contributed by atoms with Crippen LogP contribution in [0.3, 0.4) is 0 Å². The lowest BCUT2D eigenvalue weighted by Crippen LogP contribution is -2.50. The molecule has 0 spiro atoms. The zero-order valence-electron chi connectivity index (χ0n) is 12.5. The summed E-state index contributed by atoms with van der Waals surface area (Å²) in [7, 11) is 0. The van der Waals surface area contributed by atoms with E-state index in [0.717, 1.165) is 12.1 Å². The maximum Gasteiger partial charge on any atom is 0.0249 e. The first kappa shape index (κ1) is 14.3. The zero-order chi connectivity index (χ0) is 13.0. The van der Waals surface area contributed by atoms with Gasteiger partial charge in [-0.05, 0) is 45.8 Å². The van der Waals surface area contributed by atoms with Crippen LogP contribution in [-0.2, 0) is 0 Å². The maximum atomic E-state index is 3.89. The largest absolute Gasteiger partial charge is 0.309 e. The molecule has 1 N–H and O–H groups in total. The average molecular weight is 253 g/mol. The molecule has 2 rings (SSSR count).